The van der Waals surface area contributed by atoms with E-state index in [9.17, 15) is 23.6 Å². The Hall–Kier alpha value is -2.23. The van der Waals surface area contributed by atoms with Gasteiger partial charge in [-0.1, -0.05) is 0 Å². The van der Waals surface area contributed by atoms with Crippen LogP contribution in [0.1, 0.15) is 27.7 Å². The SMILES string of the molecule is CC(=O)OCC1O[C@@H](OC(C)=O)C(OC(C)=O)C(OC(C)=O)[C@H]1F. The fourth-order valence-corrected chi connectivity index (χ4v) is 2.10. The largest absolute Gasteiger partial charge is 0.463 e. The fraction of sp³-hybridized carbons (Fsp3) is 0.714. The molecule has 1 saturated heterocycles. The van der Waals surface area contributed by atoms with Gasteiger partial charge in [0.1, 0.15) is 12.7 Å². The number of carbonyl (C=O) groups is 4. The van der Waals surface area contributed by atoms with E-state index in [4.69, 9.17) is 18.9 Å². The normalized spacial score (nSPS) is 29.3. The molecule has 9 nitrogen and oxygen atoms in total. The second-order valence-corrected chi connectivity index (χ2v) is 5.05. The summed E-state index contributed by atoms with van der Waals surface area (Å²) in [6.45, 7) is 3.77. The maximum absolute atomic E-state index is 14.6. The Morgan fingerprint density at radius 3 is 1.79 bits per heavy atom. The Morgan fingerprint density at radius 2 is 1.33 bits per heavy atom. The van der Waals surface area contributed by atoms with Crippen molar-refractivity contribution in [2.45, 2.75) is 58.5 Å². The molecule has 3 unspecified atom stereocenters. The lowest BCUT2D eigenvalue weighted by Crippen LogP contribution is -2.60. The van der Waals surface area contributed by atoms with Crippen LogP contribution in [-0.4, -0.2) is 61.3 Å². The quantitative estimate of drug-likeness (QED) is 0.500. The summed E-state index contributed by atoms with van der Waals surface area (Å²) < 4.78 is 39.1. The topological polar surface area (TPSA) is 114 Å². The van der Waals surface area contributed by atoms with Crippen molar-refractivity contribution in [2.75, 3.05) is 6.61 Å². The molecule has 0 saturated carbocycles. The molecule has 1 rings (SSSR count). The molecule has 1 fully saturated rings. The van der Waals surface area contributed by atoms with E-state index >= 15 is 0 Å². The Kier molecular flexibility index (Phi) is 7.08. The molecule has 5 atom stereocenters. The molecule has 0 spiro atoms. The summed E-state index contributed by atoms with van der Waals surface area (Å²) in [6.07, 6.45) is -7.98. The average molecular weight is 350 g/mol. The maximum atomic E-state index is 14.6. The Morgan fingerprint density at radius 1 is 0.833 bits per heavy atom. The standard InChI is InChI=1S/C14H19FO9/c1-6(16)20-5-10-11(15)12(21-7(2)17)13(22-8(3)18)14(24-10)23-9(4)19/h10-14H,5H2,1-4H3/t10?,11-,12?,13?,14+/m0/s1. The van der Waals surface area contributed by atoms with E-state index < -0.39 is 61.3 Å². The number of esters is 4. The lowest BCUT2D eigenvalue weighted by molar-refractivity contribution is -0.288. The highest BCUT2D eigenvalue weighted by molar-refractivity contribution is 5.68. The third kappa shape index (κ3) is 5.76. The predicted molar refractivity (Wildman–Crippen MR) is 73.1 cm³/mol. The van der Waals surface area contributed by atoms with Gasteiger partial charge in [-0.3, -0.25) is 19.2 Å². The molecule has 0 aromatic heterocycles. The highest BCUT2D eigenvalue weighted by Crippen LogP contribution is 2.29. The predicted octanol–water partition coefficient (Wildman–Crippen LogP) is 0.0390. The minimum absolute atomic E-state index is 0.501. The van der Waals surface area contributed by atoms with Crippen LogP contribution in [0.5, 0.6) is 0 Å². The minimum atomic E-state index is -1.98. The van der Waals surface area contributed by atoms with Crippen molar-refractivity contribution < 1.29 is 47.3 Å². The molecule has 0 N–H and O–H groups in total. The first-order valence-electron chi connectivity index (χ1n) is 7.06. The molecule has 136 valence electrons. The van der Waals surface area contributed by atoms with Crippen molar-refractivity contribution in [3.05, 3.63) is 0 Å². The van der Waals surface area contributed by atoms with Gasteiger partial charge in [-0.25, -0.2) is 4.39 Å². The van der Waals surface area contributed by atoms with Crippen LogP contribution < -0.4 is 0 Å². The fourth-order valence-electron chi connectivity index (χ4n) is 2.10. The van der Waals surface area contributed by atoms with Crippen molar-refractivity contribution in [1.29, 1.82) is 0 Å². The zero-order chi connectivity index (χ0) is 18.4. The lowest BCUT2D eigenvalue weighted by Gasteiger charge is -2.41. The molecule has 0 amide bonds. The molecule has 1 heterocycles. The van der Waals surface area contributed by atoms with Crippen molar-refractivity contribution in [3.63, 3.8) is 0 Å². The van der Waals surface area contributed by atoms with Gasteiger partial charge in [-0.05, 0) is 0 Å². The van der Waals surface area contributed by atoms with Gasteiger partial charge >= 0.3 is 23.9 Å². The van der Waals surface area contributed by atoms with E-state index in [0.717, 1.165) is 27.7 Å². The first kappa shape index (κ1) is 19.8. The minimum Gasteiger partial charge on any atom is -0.463 e. The zero-order valence-corrected chi connectivity index (χ0v) is 13.6. The summed E-state index contributed by atoms with van der Waals surface area (Å²) in [7, 11) is 0. The summed E-state index contributed by atoms with van der Waals surface area (Å²) in [6, 6.07) is 0. The lowest BCUT2D eigenvalue weighted by atomic mass is 10.00. The monoisotopic (exact) mass is 350 g/mol. The molecule has 1 aliphatic heterocycles. The van der Waals surface area contributed by atoms with Crippen LogP contribution in [0, 0.1) is 0 Å². The van der Waals surface area contributed by atoms with Crippen LogP contribution in [0.15, 0.2) is 0 Å². The number of hydrogen-bond acceptors (Lipinski definition) is 9. The van der Waals surface area contributed by atoms with Gasteiger partial charge in [0, 0.05) is 27.7 Å². The van der Waals surface area contributed by atoms with Crippen LogP contribution in [-0.2, 0) is 42.9 Å². The van der Waals surface area contributed by atoms with Gasteiger partial charge in [-0.2, -0.15) is 0 Å². The van der Waals surface area contributed by atoms with Crippen molar-refractivity contribution in [2.24, 2.45) is 0 Å². The van der Waals surface area contributed by atoms with E-state index in [1.807, 2.05) is 0 Å². The second kappa shape index (κ2) is 8.57. The Balaban J connectivity index is 3.07. The van der Waals surface area contributed by atoms with Gasteiger partial charge in [0.05, 0.1) is 0 Å². The van der Waals surface area contributed by atoms with Gasteiger partial charge in [0.15, 0.2) is 12.3 Å². The third-order valence-corrected chi connectivity index (χ3v) is 2.91. The van der Waals surface area contributed by atoms with Crippen LogP contribution in [0.4, 0.5) is 4.39 Å². The Labute approximate surface area is 137 Å². The Bertz CT molecular complexity index is 506. The van der Waals surface area contributed by atoms with Crippen molar-refractivity contribution >= 4 is 23.9 Å². The van der Waals surface area contributed by atoms with Gasteiger partial charge in [0.25, 0.3) is 0 Å². The van der Waals surface area contributed by atoms with E-state index in [1.165, 1.54) is 0 Å². The van der Waals surface area contributed by atoms with E-state index in [-0.39, 0.29) is 0 Å². The van der Waals surface area contributed by atoms with Crippen molar-refractivity contribution in [3.8, 4) is 0 Å². The summed E-state index contributed by atoms with van der Waals surface area (Å²) in [5.41, 5.74) is 0. The maximum Gasteiger partial charge on any atom is 0.305 e. The average Bonchev–Trinajstić information content (AvgIpc) is 2.42. The van der Waals surface area contributed by atoms with E-state index in [0.29, 0.717) is 0 Å². The second-order valence-electron chi connectivity index (χ2n) is 5.05. The van der Waals surface area contributed by atoms with Crippen LogP contribution >= 0.6 is 0 Å². The molecular weight excluding hydrogens is 331 g/mol. The molecule has 10 heteroatoms. The van der Waals surface area contributed by atoms with Crippen LogP contribution in [0.2, 0.25) is 0 Å². The van der Waals surface area contributed by atoms with E-state index in [2.05, 4.69) is 4.74 Å². The summed E-state index contributed by atoms with van der Waals surface area (Å²) in [5, 5.41) is 0. The number of rotatable bonds is 5. The highest BCUT2D eigenvalue weighted by atomic mass is 19.1. The summed E-state index contributed by atoms with van der Waals surface area (Å²) in [4.78, 5) is 44.5. The molecule has 24 heavy (non-hydrogen) atoms. The molecule has 0 aliphatic carbocycles. The number of alkyl halides is 1. The van der Waals surface area contributed by atoms with E-state index in [1.54, 1.807) is 0 Å². The van der Waals surface area contributed by atoms with Crippen LogP contribution in [0.25, 0.3) is 0 Å². The smallest absolute Gasteiger partial charge is 0.305 e. The molecule has 0 bridgehead atoms. The first-order valence-corrected chi connectivity index (χ1v) is 7.06. The van der Waals surface area contributed by atoms with Gasteiger partial charge in [-0.15, -0.1) is 0 Å². The number of halogens is 1. The number of carbonyl (C=O) groups excluding carboxylic acids is 4. The molecular formula is C14H19FO9. The van der Waals surface area contributed by atoms with Gasteiger partial charge in [0.2, 0.25) is 12.4 Å². The number of ether oxygens (including phenoxy) is 5. The highest BCUT2D eigenvalue weighted by Gasteiger charge is 2.52. The zero-order valence-electron chi connectivity index (χ0n) is 13.6. The molecule has 0 aromatic rings. The third-order valence-electron chi connectivity index (χ3n) is 2.91. The van der Waals surface area contributed by atoms with Gasteiger partial charge < -0.3 is 23.7 Å². The summed E-state index contributed by atoms with van der Waals surface area (Å²) >= 11 is 0. The number of hydrogen-bond donors (Lipinski definition) is 0. The molecule has 0 radical (unpaired) electrons. The molecule has 0 aromatic carbocycles. The first-order chi connectivity index (χ1) is 11.1. The van der Waals surface area contributed by atoms with Crippen molar-refractivity contribution in [1.82, 2.24) is 0 Å². The molecule has 1 aliphatic rings. The van der Waals surface area contributed by atoms with Crippen LogP contribution in [0.3, 0.4) is 0 Å². The summed E-state index contributed by atoms with van der Waals surface area (Å²) in [5.74, 6) is -3.12.